The third kappa shape index (κ3) is 4.06. The van der Waals surface area contributed by atoms with E-state index in [1.54, 1.807) is 11.3 Å². The van der Waals surface area contributed by atoms with Crippen LogP contribution in [0.15, 0.2) is 79.1 Å². The Labute approximate surface area is 179 Å². The van der Waals surface area contributed by atoms with Crippen LogP contribution < -0.4 is 5.32 Å². The lowest BCUT2D eigenvalue weighted by Crippen LogP contribution is -2.29. The highest BCUT2D eigenvalue weighted by atomic mass is 32.1. The van der Waals surface area contributed by atoms with E-state index in [0.717, 1.165) is 37.4 Å². The lowest BCUT2D eigenvalue weighted by molar-refractivity contribution is 0.102. The van der Waals surface area contributed by atoms with Crippen LogP contribution >= 0.6 is 11.3 Å². The highest BCUT2D eigenvalue weighted by Gasteiger charge is 2.21. The van der Waals surface area contributed by atoms with Crippen LogP contribution in [0.2, 0.25) is 0 Å². The summed E-state index contributed by atoms with van der Waals surface area (Å²) >= 11 is 1.58. The van der Waals surface area contributed by atoms with Crippen molar-refractivity contribution in [2.45, 2.75) is 19.5 Å². The molecule has 3 heterocycles. The van der Waals surface area contributed by atoms with E-state index in [0.29, 0.717) is 10.7 Å². The van der Waals surface area contributed by atoms with E-state index in [1.165, 1.54) is 10.4 Å². The van der Waals surface area contributed by atoms with Crippen molar-refractivity contribution < 1.29 is 4.79 Å². The first-order valence-corrected chi connectivity index (χ1v) is 10.9. The molecule has 0 spiro atoms. The molecule has 0 unspecified atom stereocenters. The zero-order valence-electron chi connectivity index (χ0n) is 16.5. The highest BCUT2D eigenvalue weighted by molar-refractivity contribution is 7.15. The SMILES string of the molecule is O=C(Nc1nc2c(s1)CN(Cc1ccccc1)CC2)c1cccc(-n2cccc2)c1. The van der Waals surface area contributed by atoms with E-state index in [4.69, 9.17) is 0 Å². The maximum absolute atomic E-state index is 12.8. The predicted octanol–water partition coefficient (Wildman–Crippen LogP) is 4.74. The molecule has 1 aliphatic rings. The monoisotopic (exact) mass is 414 g/mol. The van der Waals surface area contributed by atoms with E-state index in [9.17, 15) is 4.79 Å². The Kier molecular flexibility index (Phi) is 5.17. The van der Waals surface area contributed by atoms with Crippen LogP contribution in [0.4, 0.5) is 5.13 Å². The molecule has 1 aliphatic heterocycles. The van der Waals surface area contributed by atoms with Crippen molar-refractivity contribution in [1.82, 2.24) is 14.5 Å². The topological polar surface area (TPSA) is 50.2 Å². The molecular weight excluding hydrogens is 392 g/mol. The van der Waals surface area contributed by atoms with Crippen LogP contribution in [0, 0.1) is 0 Å². The van der Waals surface area contributed by atoms with Crippen molar-refractivity contribution in [3.8, 4) is 5.69 Å². The molecule has 150 valence electrons. The van der Waals surface area contributed by atoms with Gasteiger partial charge in [0.1, 0.15) is 0 Å². The number of fused-ring (bicyclic) bond motifs is 1. The van der Waals surface area contributed by atoms with E-state index in [2.05, 4.69) is 39.5 Å². The largest absolute Gasteiger partial charge is 0.324 e. The molecule has 5 nitrogen and oxygen atoms in total. The van der Waals surface area contributed by atoms with Gasteiger partial charge < -0.3 is 4.57 Å². The van der Waals surface area contributed by atoms with Crippen molar-refractivity contribution in [3.63, 3.8) is 0 Å². The third-order valence-electron chi connectivity index (χ3n) is 5.29. The standard InChI is InChI=1S/C24H22N4OS/c29-23(19-9-6-10-20(15-19)28-12-4-5-13-28)26-24-25-21-11-14-27(17-22(21)30-24)16-18-7-2-1-3-8-18/h1-10,12-13,15H,11,14,16-17H2,(H,25,26,29). The quantitative estimate of drug-likeness (QED) is 0.513. The molecule has 4 aromatic rings. The number of anilines is 1. The lowest BCUT2D eigenvalue weighted by atomic mass is 10.1. The summed E-state index contributed by atoms with van der Waals surface area (Å²) in [7, 11) is 0. The first kappa shape index (κ1) is 18.8. The molecule has 1 amide bonds. The number of rotatable bonds is 5. The normalized spacial score (nSPS) is 13.7. The van der Waals surface area contributed by atoms with Gasteiger partial charge >= 0.3 is 0 Å². The average molecular weight is 415 g/mol. The Morgan fingerprint density at radius 3 is 2.70 bits per heavy atom. The van der Waals surface area contributed by atoms with E-state index in [1.807, 2.05) is 59.4 Å². The third-order valence-corrected chi connectivity index (χ3v) is 6.29. The van der Waals surface area contributed by atoms with E-state index >= 15 is 0 Å². The molecule has 0 bridgehead atoms. The van der Waals surface area contributed by atoms with Crippen molar-refractivity contribution in [2.24, 2.45) is 0 Å². The molecule has 5 rings (SSSR count). The van der Waals surface area contributed by atoms with Gasteiger partial charge in [0, 0.05) is 54.6 Å². The van der Waals surface area contributed by atoms with Gasteiger partial charge in [0.25, 0.3) is 5.91 Å². The van der Waals surface area contributed by atoms with Gasteiger partial charge in [-0.25, -0.2) is 4.98 Å². The van der Waals surface area contributed by atoms with Crippen LogP contribution in [0.5, 0.6) is 0 Å². The number of carbonyl (C=O) groups excluding carboxylic acids is 1. The van der Waals surface area contributed by atoms with Gasteiger partial charge in [-0.3, -0.25) is 15.0 Å². The Bertz CT molecular complexity index is 1150. The fraction of sp³-hybridized carbons (Fsp3) is 0.167. The Balaban J connectivity index is 1.27. The van der Waals surface area contributed by atoms with Crippen LogP contribution in [-0.4, -0.2) is 26.9 Å². The molecular formula is C24H22N4OS. The Hall–Kier alpha value is -3.22. The molecule has 2 aromatic heterocycles. The summed E-state index contributed by atoms with van der Waals surface area (Å²) in [6.45, 7) is 2.80. The number of benzene rings is 2. The molecule has 30 heavy (non-hydrogen) atoms. The van der Waals surface area contributed by atoms with Crippen LogP contribution in [0.25, 0.3) is 5.69 Å². The number of nitrogens with one attached hydrogen (secondary N) is 1. The van der Waals surface area contributed by atoms with Gasteiger partial charge in [-0.1, -0.05) is 36.4 Å². The fourth-order valence-electron chi connectivity index (χ4n) is 3.76. The maximum Gasteiger partial charge on any atom is 0.257 e. The van der Waals surface area contributed by atoms with E-state index in [-0.39, 0.29) is 5.91 Å². The van der Waals surface area contributed by atoms with Crippen molar-refractivity contribution in [2.75, 3.05) is 11.9 Å². The molecule has 0 saturated heterocycles. The number of carbonyl (C=O) groups is 1. The predicted molar refractivity (Wildman–Crippen MR) is 120 cm³/mol. The second kappa shape index (κ2) is 8.26. The van der Waals surface area contributed by atoms with Gasteiger partial charge in [0.15, 0.2) is 5.13 Å². The number of thiazole rings is 1. The second-order valence-corrected chi connectivity index (χ2v) is 8.51. The van der Waals surface area contributed by atoms with Crippen LogP contribution in [0.1, 0.15) is 26.5 Å². The fourth-order valence-corrected chi connectivity index (χ4v) is 4.81. The summed E-state index contributed by atoms with van der Waals surface area (Å²) in [5.41, 5.74) is 4.02. The maximum atomic E-state index is 12.8. The molecule has 6 heteroatoms. The Morgan fingerprint density at radius 1 is 1.03 bits per heavy atom. The lowest BCUT2D eigenvalue weighted by Gasteiger charge is -2.25. The molecule has 0 aliphatic carbocycles. The van der Waals surface area contributed by atoms with E-state index < -0.39 is 0 Å². The molecule has 0 fully saturated rings. The number of nitrogens with zero attached hydrogens (tertiary/aromatic N) is 3. The zero-order valence-corrected chi connectivity index (χ0v) is 17.3. The van der Waals surface area contributed by atoms with Gasteiger partial charge in [-0.05, 0) is 35.9 Å². The molecule has 0 atom stereocenters. The number of amides is 1. The summed E-state index contributed by atoms with van der Waals surface area (Å²) in [6.07, 6.45) is 4.85. The summed E-state index contributed by atoms with van der Waals surface area (Å²) in [5, 5.41) is 3.67. The number of hydrogen-bond acceptors (Lipinski definition) is 4. The summed E-state index contributed by atoms with van der Waals surface area (Å²) in [4.78, 5) is 21.2. The summed E-state index contributed by atoms with van der Waals surface area (Å²) in [5.74, 6) is -0.128. The van der Waals surface area contributed by atoms with Gasteiger partial charge in [-0.2, -0.15) is 0 Å². The minimum absolute atomic E-state index is 0.128. The minimum Gasteiger partial charge on any atom is -0.324 e. The number of hydrogen-bond donors (Lipinski definition) is 1. The second-order valence-electron chi connectivity index (χ2n) is 7.43. The summed E-state index contributed by atoms with van der Waals surface area (Å²) in [6, 6.07) is 22.1. The average Bonchev–Trinajstić information content (AvgIpc) is 3.44. The van der Waals surface area contributed by atoms with Crippen LogP contribution in [0.3, 0.4) is 0 Å². The van der Waals surface area contributed by atoms with Crippen LogP contribution in [-0.2, 0) is 19.5 Å². The molecule has 0 radical (unpaired) electrons. The van der Waals surface area contributed by atoms with Crippen molar-refractivity contribution >= 4 is 22.4 Å². The zero-order chi connectivity index (χ0) is 20.3. The van der Waals surface area contributed by atoms with Crippen molar-refractivity contribution in [1.29, 1.82) is 0 Å². The highest BCUT2D eigenvalue weighted by Crippen LogP contribution is 2.29. The Morgan fingerprint density at radius 2 is 1.87 bits per heavy atom. The molecule has 1 N–H and O–H groups in total. The first-order valence-electron chi connectivity index (χ1n) is 10.0. The van der Waals surface area contributed by atoms with Crippen molar-refractivity contribution in [3.05, 3.63) is 101 Å². The molecule has 2 aromatic carbocycles. The minimum atomic E-state index is -0.128. The van der Waals surface area contributed by atoms with Gasteiger partial charge in [-0.15, -0.1) is 11.3 Å². The summed E-state index contributed by atoms with van der Waals surface area (Å²) < 4.78 is 1.99. The number of aromatic nitrogens is 2. The first-order chi connectivity index (χ1) is 14.7. The van der Waals surface area contributed by atoms with Gasteiger partial charge in [0.05, 0.1) is 5.69 Å². The molecule has 0 saturated carbocycles. The smallest absolute Gasteiger partial charge is 0.257 e. The van der Waals surface area contributed by atoms with Gasteiger partial charge in [0.2, 0.25) is 0 Å².